The Morgan fingerprint density at radius 2 is 2.22 bits per heavy atom. The summed E-state index contributed by atoms with van der Waals surface area (Å²) in [7, 11) is 0. The summed E-state index contributed by atoms with van der Waals surface area (Å²) in [6.07, 6.45) is 1.87. The van der Waals surface area contributed by atoms with Crippen molar-refractivity contribution in [3.05, 3.63) is 47.4 Å². The third-order valence-corrected chi connectivity index (χ3v) is 3.90. The van der Waals surface area contributed by atoms with E-state index in [0.29, 0.717) is 0 Å². The normalized spacial score (nSPS) is 18.3. The van der Waals surface area contributed by atoms with E-state index in [9.17, 15) is 13.6 Å². The molecule has 0 bridgehead atoms. The summed E-state index contributed by atoms with van der Waals surface area (Å²) in [5.41, 5.74) is 1.06. The van der Waals surface area contributed by atoms with E-state index in [2.05, 4.69) is 10.5 Å². The summed E-state index contributed by atoms with van der Waals surface area (Å²) in [6.45, 7) is 2.77. The van der Waals surface area contributed by atoms with Crippen molar-refractivity contribution in [1.29, 1.82) is 0 Å². The molecule has 7 heteroatoms. The fraction of sp³-hybridized carbons (Fsp3) is 0.375. The van der Waals surface area contributed by atoms with E-state index >= 15 is 0 Å². The predicted octanol–water partition coefficient (Wildman–Crippen LogP) is 3.04. The number of aryl methyl sites for hydroxylation is 1. The number of aromatic nitrogens is 1. The van der Waals surface area contributed by atoms with Crippen LogP contribution >= 0.6 is 0 Å². The molecule has 1 aliphatic heterocycles. The molecular formula is C16H17F2N3O2. The molecule has 1 saturated heterocycles. The number of amides is 1. The third kappa shape index (κ3) is 3.56. The van der Waals surface area contributed by atoms with Crippen LogP contribution in [-0.4, -0.2) is 29.1 Å². The minimum absolute atomic E-state index is 0.0446. The van der Waals surface area contributed by atoms with E-state index in [4.69, 9.17) is 4.52 Å². The molecular weight excluding hydrogens is 304 g/mol. The van der Waals surface area contributed by atoms with E-state index in [1.807, 2.05) is 17.9 Å². The Labute approximate surface area is 132 Å². The van der Waals surface area contributed by atoms with Gasteiger partial charge in [-0.2, -0.15) is 0 Å². The number of carbonyl (C=O) groups excluding carboxylic acids is 1. The molecule has 3 rings (SSSR count). The van der Waals surface area contributed by atoms with E-state index in [1.54, 1.807) is 0 Å². The summed E-state index contributed by atoms with van der Waals surface area (Å²) in [5.74, 6) is -1.47. The van der Waals surface area contributed by atoms with Gasteiger partial charge in [-0.25, -0.2) is 8.78 Å². The molecule has 1 N–H and O–H groups in total. The van der Waals surface area contributed by atoms with Gasteiger partial charge in [0.05, 0.1) is 12.6 Å². The molecule has 0 spiro atoms. The Bertz CT molecular complexity index is 717. The quantitative estimate of drug-likeness (QED) is 0.940. The lowest BCUT2D eigenvalue weighted by Crippen LogP contribution is -2.33. The first-order valence-corrected chi connectivity index (χ1v) is 7.45. The van der Waals surface area contributed by atoms with Crippen molar-refractivity contribution in [3.8, 4) is 0 Å². The highest BCUT2D eigenvalue weighted by atomic mass is 19.2. The second-order valence-corrected chi connectivity index (χ2v) is 5.67. The van der Waals surface area contributed by atoms with Gasteiger partial charge >= 0.3 is 0 Å². The number of hydrogen-bond donors (Lipinski definition) is 1. The lowest BCUT2D eigenvalue weighted by molar-refractivity contribution is -0.117. The van der Waals surface area contributed by atoms with Gasteiger partial charge in [0, 0.05) is 17.8 Å². The Morgan fingerprint density at radius 1 is 1.39 bits per heavy atom. The molecule has 1 fully saturated rings. The largest absolute Gasteiger partial charge is 0.361 e. The van der Waals surface area contributed by atoms with E-state index in [-0.39, 0.29) is 24.2 Å². The van der Waals surface area contributed by atoms with Crippen LogP contribution in [0.3, 0.4) is 0 Å². The number of likely N-dealkylation sites (tertiary alicyclic amines) is 1. The van der Waals surface area contributed by atoms with Gasteiger partial charge in [0.1, 0.15) is 11.5 Å². The highest BCUT2D eigenvalue weighted by Gasteiger charge is 2.29. The number of benzene rings is 1. The molecule has 0 unspecified atom stereocenters. The molecule has 2 aromatic rings. The molecule has 1 aliphatic rings. The zero-order valence-corrected chi connectivity index (χ0v) is 12.7. The van der Waals surface area contributed by atoms with E-state index < -0.39 is 11.6 Å². The summed E-state index contributed by atoms with van der Waals surface area (Å²) < 4.78 is 31.2. The van der Waals surface area contributed by atoms with Crippen molar-refractivity contribution in [1.82, 2.24) is 10.1 Å². The van der Waals surface area contributed by atoms with Gasteiger partial charge in [0.15, 0.2) is 11.6 Å². The van der Waals surface area contributed by atoms with Crippen LogP contribution in [0.15, 0.2) is 28.8 Å². The van der Waals surface area contributed by atoms with Gasteiger partial charge in [0.2, 0.25) is 5.91 Å². The number of nitrogens with zero attached hydrogens (tertiary/aromatic N) is 2. The van der Waals surface area contributed by atoms with Gasteiger partial charge in [-0.15, -0.1) is 0 Å². The molecule has 23 heavy (non-hydrogen) atoms. The van der Waals surface area contributed by atoms with Gasteiger partial charge < -0.3 is 9.84 Å². The molecule has 1 amide bonds. The molecule has 122 valence electrons. The van der Waals surface area contributed by atoms with Crippen LogP contribution in [0.1, 0.15) is 30.3 Å². The topological polar surface area (TPSA) is 58.4 Å². The number of hydrogen-bond acceptors (Lipinski definition) is 4. The molecule has 5 nitrogen and oxygen atoms in total. The van der Waals surface area contributed by atoms with Crippen molar-refractivity contribution in [2.45, 2.75) is 25.8 Å². The fourth-order valence-electron chi connectivity index (χ4n) is 2.85. The maximum absolute atomic E-state index is 13.2. The second-order valence-electron chi connectivity index (χ2n) is 5.67. The Morgan fingerprint density at radius 3 is 2.91 bits per heavy atom. The van der Waals surface area contributed by atoms with Crippen LogP contribution in [0.25, 0.3) is 0 Å². The van der Waals surface area contributed by atoms with Crippen LogP contribution in [0.5, 0.6) is 0 Å². The highest BCUT2D eigenvalue weighted by Crippen LogP contribution is 2.31. The summed E-state index contributed by atoms with van der Waals surface area (Å²) in [6, 6.07) is 5.20. The van der Waals surface area contributed by atoms with Crippen LogP contribution in [0, 0.1) is 18.6 Å². The van der Waals surface area contributed by atoms with Crippen molar-refractivity contribution >= 4 is 11.6 Å². The number of nitrogens with one attached hydrogen (secondary N) is 1. The molecule has 0 aliphatic carbocycles. The third-order valence-electron chi connectivity index (χ3n) is 3.90. The first-order chi connectivity index (χ1) is 11.0. The van der Waals surface area contributed by atoms with Gasteiger partial charge in [-0.3, -0.25) is 9.69 Å². The monoisotopic (exact) mass is 321 g/mol. The van der Waals surface area contributed by atoms with Crippen molar-refractivity contribution < 1.29 is 18.1 Å². The maximum atomic E-state index is 13.2. The molecule has 1 atom stereocenters. The first kappa shape index (κ1) is 15.6. The molecule has 1 aromatic carbocycles. The predicted molar refractivity (Wildman–Crippen MR) is 79.8 cm³/mol. The highest BCUT2D eigenvalue weighted by molar-refractivity contribution is 5.92. The van der Waals surface area contributed by atoms with Crippen LogP contribution in [-0.2, 0) is 4.79 Å². The number of anilines is 1. The SMILES string of the molecule is Cc1cc([C@@H]2CCCN2CC(=O)Nc2ccc(F)c(F)c2)no1. The van der Waals surface area contributed by atoms with Gasteiger partial charge in [-0.1, -0.05) is 5.16 Å². The number of rotatable bonds is 4. The molecule has 1 aromatic heterocycles. The summed E-state index contributed by atoms with van der Waals surface area (Å²) in [4.78, 5) is 14.1. The Kier molecular flexibility index (Phi) is 4.38. The van der Waals surface area contributed by atoms with Crippen LogP contribution in [0.4, 0.5) is 14.5 Å². The standard InChI is InChI=1S/C16H17F2N3O2/c1-10-7-14(20-23-10)15-3-2-6-21(15)9-16(22)19-11-4-5-12(17)13(18)8-11/h4-5,7-8,15H,2-3,6,9H2,1H3,(H,19,22)/t15-/m0/s1. The smallest absolute Gasteiger partial charge is 0.238 e. The minimum Gasteiger partial charge on any atom is -0.361 e. The zero-order valence-electron chi connectivity index (χ0n) is 12.7. The Balaban J connectivity index is 1.63. The van der Waals surface area contributed by atoms with Crippen molar-refractivity contribution in [3.63, 3.8) is 0 Å². The van der Waals surface area contributed by atoms with Gasteiger partial charge in [0.25, 0.3) is 0 Å². The first-order valence-electron chi connectivity index (χ1n) is 7.45. The lowest BCUT2D eigenvalue weighted by atomic mass is 10.1. The van der Waals surface area contributed by atoms with Crippen LogP contribution in [0.2, 0.25) is 0 Å². The minimum atomic E-state index is -0.986. The van der Waals surface area contributed by atoms with Gasteiger partial charge in [-0.05, 0) is 38.4 Å². The Hall–Kier alpha value is -2.28. The molecule has 0 saturated carbocycles. The number of halogens is 2. The summed E-state index contributed by atoms with van der Waals surface area (Å²) >= 11 is 0. The zero-order chi connectivity index (χ0) is 16.4. The average molecular weight is 321 g/mol. The second kappa shape index (κ2) is 6.45. The fourth-order valence-corrected chi connectivity index (χ4v) is 2.85. The maximum Gasteiger partial charge on any atom is 0.238 e. The molecule has 2 heterocycles. The van der Waals surface area contributed by atoms with E-state index in [0.717, 1.165) is 43.0 Å². The lowest BCUT2D eigenvalue weighted by Gasteiger charge is -2.21. The molecule has 0 radical (unpaired) electrons. The number of carbonyl (C=O) groups is 1. The average Bonchev–Trinajstić information content (AvgIpc) is 3.11. The van der Waals surface area contributed by atoms with E-state index in [1.165, 1.54) is 6.07 Å². The van der Waals surface area contributed by atoms with Crippen LogP contribution < -0.4 is 5.32 Å². The van der Waals surface area contributed by atoms with Crippen molar-refractivity contribution in [2.75, 3.05) is 18.4 Å². The van der Waals surface area contributed by atoms with Crippen molar-refractivity contribution in [2.24, 2.45) is 0 Å². The summed E-state index contributed by atoms with van der Waals surface area (Å²) in [5, 5.41) is 6.60.